The molecule has 0 spiro atoms. The van der Waals surface area contributed by atoms with Gasteiger partial charge in [0, 0.05) is 24.5 Å². The highest BCUT2D eigenvalue weighted by molar-refractivity contribution is 7.93. The van der Waals surface area contributed by atoms with Crippen LogP contribution < -0.4 is 15.2 Å². The van der Waals surface area contributed by atoms with Gasteiger partial charge in [-0.3, -0.25) is 13.9 Å². The normalized spacial score (nSPS) is 16.3. The summed E-state index contributed by atoms with van der Waals surface area (Å²) in [5, 5.41) is 2.69. The minimum atomic E-state index is -3.21. The number of nitrogens with zero attached hydrogens (tertiary/aromatic N) is 1. The van der Waals surface area contributed by atoms with Crippen molar-refractivity contribution >= 4 is 27.3 Å². The number of H-pyrrole nitrogens is 1. The molecule has 0 bridgehead atoms. The summed E-state index contributed by atoms with van der Waals surface area (Å²) in [6.45, 7) is 0.478. The van der Waals surface area contributed by atoms with Crippen LogP contribution >= 0.6 is 0 Å². The van der Waals surface area contributed by atoms with Gasteiger partial charge in [0.15, 0.2) is 0 Å². The van der Waals surface area contributed by atoms with E-state index in [1.807, 2.05) is 0 Å². The Kier molecular flexibility index (Phi) is 3.91. The van der Waals surface area contributed by atoms with Gasteiger partial charge >= 0.3 is 0 Å². The van der Waals surface area contributed by atoms with Crippen LogP contribution in [0.25, 0.3) is 0 Å². The van der Waals surface area contributed by atoms with Gasteiger partial charge in [-0.2, -0.15) is 0 Å². The molecule has 23 heavy (non-hydrogen) atoms. The lowest BCUT2D eigenvalue weighted by molar-refractivity contribution is 0.102. The van der Waals surface area contributed by atoms with Crippen LogP contribution in [0.5, 0.6) is 0 Å². The summed E-state index contributed by atoms with van der Waals surface area (Å²) in [4.78, 5) is 25.4. The Morgan fingerprint density at radius 1 is 1.13 bits per heavy atom. The highest BCUT2D eigenvalue weighted by Crippen LogP contribution is 2.25. The Balaban J connectivity index is 1.74. The van der Waals surface area contributed by atoms with Gasteiger partial charge in [0.1, 0.15) is 0 Å². The van der Waals surface area contributed by atoms with Crippen LogP contribution in [0, 0.1) is 0 Å². The van der Waals surface area contributed by atoms with Gasteiger partial charge < -0.3 is 10.3 Å². The minimum Gasteiger partial charge on any atom is -0.328 e. The first-order valence-corrected chi connectivity index (χ1v) is 8.67. The number of sulfonamides is 1. The van der Waals surface area contributed by atoms with Crippen LogP contribution in [-0.2, 0) is 10.0 Å². The van der Waals surface area contributed by atoms with Crippen molar-refractivity contribution in [3.63, 3.8) is 0 Å². The average Bonchev–Trinajstić information content (AvgIpc) is 2.88. The maximum absolute atomic E-state index is 12.0. The van der Waals surface area contributed by atoms with E-state index in [9.17, 15) is 18.0 Å². The van der Waals surface area contributed by atoms with E-state index in [1.54, 1.807) is 24.3 Å². The number of benzene rings is 1. The largest absolute Gasteiger partial charge is 0.328 e. The fourth-order valence-corrected chi connectivity index (χ4v) is 3.96. The summed E-state index contributed by atoms with van der Waals surface area (Å²) < 4.78 is 25.1. The fraction of sp³-hybridized carbons (Fsp3) is 0.200. The summed E-state index contributed by atoms with van der Waals surface area (Å²) in [5.74, 6) is -0.194. The summed E-state index contributed by atoms with van der Waals surface area (Å²) in [7, 11) is -3.21. The zero-order chi connectivity index (χ0) is 16.4. The number of pyridine rings is 1. The monoisotopic (exact) mass is 333 g/mol. The zero-order valence-electron chi connectivity index (χ0n) is 12.2. The van der Waals surface area contributed by atoms with Gasteiger partial charge in [-0.05, 0) is 36.8 Å². The predicted molar refractivity (Wildman–Crippen MR) is 87.2 cm³/mol. The molecule has 0 radical (unpaired) electrons. The van der Waals surface area contributed by atoms with Crippen LogP contribution in [0.3, 0.4) is 0 Å². The highest BCUT2D eigenvalue weighted by atomic mass is 32.2. The third-order valence-corrected chi connectivity index (χ3v) is 5.43. The molecule has 8 heteroatoms. The molecule has 2 N–H and O–H groups in total. The lowest BCUT2D eigenvalue weighted by Crippen LogP contribution is -2.25. The Bertz CT molecular complexity index is 867. The Labute approximate surface area is 133 Å². The van der Waals surface area contributed by atoms with Crippen LogP contribution in [-0.4, -0.2) is 31.6 Å². The van der Waals surface area contributed by atoms with Crippen LogP contribution in [0.2, 0.25) is 0 Å². The van der Waals surface area contributed by atoms with Gasteiger partial charge in [-0.15, -0.1) is 0 Å². The maximum atomic E-state index is 12.0. The third kappa shape index (κ3) is 3.26. The maximum Gasteiger partial charge on any atom is 0.257 e. The number of amides is 1. The first kappa shape index (κ1) is 15.3. The number of nitrogens with one attached hydrogen (secondary N) is 2. The molecular weight excluding hydrogens is 318 g/mol. The number of hydrogen-bond donors (Lipinski definition) is 2. The number of carbonyl (C=O) groups is 1. The molecule has 1 amide bonds. The van der Waals surface area contributed by atoms with Crippen molar-refractivity contribution < 1.29 is 13.2 Å². The molecule has 0 aliphatic carbocycles. The average molecular weight is 333 g/mol. The molecule has 0 unspecified atom stereocenters. The van der Waals surface area contributed by atoms with Crippen molar-refractivity contribution in [2.24, 2.45) is 0 Å². The number of rotatable bonds is 3. The van der Waals surface area contributed by atoms with E-state index in [1.165, 1.54) is 22.6 Å². The van der Waals surface area contributed by atoms with E-state index in [4.69, 9.17) is 0 Å². The summed E-state index contributed by atoms with van der Waals surface area (Å²) in [6, 6.07) is 9.31. The SMILES string of the molecule is O=C(Nc1ccc(N2CCCS2(=O)=O)cc1)c1ccc(=O)[nH]c1. The molecule has 1 aromatic heterocycles. The van der Waals surface area contributed by atoms with E-state index in [2.05, 4.69) is 10.3 Å². The molecule has 0 atom stereocenters. The molecule has 3 rings (SSSR count). The second-order valence-electron chi connectivity index (χ2n) is 5.18. The van der Waals surface area contributed by atoms with Crippen LogP contribution in [0.1, 0.15) is 16.8 Å². The lowest BCUT2D eigenvalue weighted by Gasteiger charge is -2.17. The molecule has 2 heterocycles. The Morgan fingerprint density at radius 2 is 1.87 bits per heavy atom. The predicted octanol–water partition coefficient (Wildman–Crippen LogP) is 1.17. The Hall–Kier alpha value is -2.61. The van der Waals surface area contributed by atoms with Crippen molar-refractivity contribution in [2.45, 2.75) is 6.42 Å². The summed E-state index contributed by atoms with van der Waals surface area (Å²) >= 11 is 0. The second kappa shape index (κ2) is 5.88. The van der Waals surface area contributed by atoms with Gasteiger partial charge in [0.2, 0.25) is 15.6 Å². The first-order valence-electron chi connectivity index (χ1n) is 7.06. The number of aromatic amines is 1. The number of carbonyl (C=O) groups excluding carboxylic acids is 1. The van der Waals surface area contributed by atoms with Crippen LogP contribution in [0.15, 0.2) is 47.4 Å². The molecule has 1 saturated heterocycles. The number of hydrogen-bond acceptors (Lipinski definition) is 4. The van der Waals surface area contributed by atoms with Gasteiger partial charge in [0.25, 0.3) is 5.91 Å². The molecule has 0 saturated carbocycles. The van der Waals surface area contributed by atoms with Crippen molar-refractivity contribution in [1.29, 1.82) is 0 Å². The Morgan fingerprint density at radius 3 is 2.43 bits per heavy atom. The van der Waals surface area contributed by atoms with Gasteiger partial charge in [-0.25, -0.2) is 8.42 Å². The van der Waals surface area contributed by atoms with E-state index in [-0.39, 0.29) is 17.2 Å². The molecule has 1 aliphatic rings. The van der Waals surface area contributed by atoms with Gasteiger partial charge in [0.05, 0.1) is 17.0 Å². The molecule has 2 aromatic rings. The van der Waals surface area contributed by atoms with E-state index < -0.39 is 10.0 Å². The fourth-order valence-electron chi connectivity index (χ4n) is 2.40. The smallest absolute Gasteiger partial charge is 0.257 e. The van der Waals surface area contributed by atoms with Crippen molar-refractivity contribution in [3.8, 4) is 0 Å². The molecule has 1 fully saturated rings. The molecular formula is C15H15N3O4S. The number of aromatic nitrogens is 1. The molecule has 1 aliphatic heterocycles. The summed E-state index contributed by atoms with van der Waals surface area (Å²) in [5.41, 5.74) is 1.18. The quantitative estimate of drug-likeness (QED) is 0.880. The highest BCUT2D eigenvalue weighted by Gasteiger charge is 2.28. The summed E-state index contributed by atoms with van der Waals surface area (Å²) in [6.07, 6.45) is 1.95. The molecule has 7 nitrogen and oxygen atoms in total. The lowest BCUT2D eigenvalue weighted by atomic mass is 10.2. The van der Waals surface area contributed by atoms with Crippen molar-refractivity contribution in [3.05, 3.63) is 58.5 Å². The molecule has 120 valence electrons. The first-order chi connectivity index (χ1) is 11.0. The topological polar surface area (TPSA) is 99.3 Å². The van der Waals surface area contributed by atoms with E-state index in [0.29, 0.717) is 29.9 Å². The van der Waals surface area contributed by atoms with E-state index in [0.717, 1.165) is 0 Å². The van der Waals surface area contributed by atoms with Crippen LogP contribution in [0.4, 0.5) is 11.4 Å². The molecule has 1 aromatic carbocycles. The van der Waals surface area contributed by atoms with E-state index >= 15 is 0 Å². The van der Waals surface area contributed by atoms with Gasteiger partial charge in [-0.1, -0.05) is 0 Å². The zero-order valence-corrected chi connectivity index (χ0v) is 13.0. The van der Waals surface area contributed by atoms with Crippen molar-refractivity contribution in [1.82, 2.24) is 4.98 Å². The van der Waals surface area contributed by atoms with Crippen molar-refractivity contribution in [2.75, 3.05) is 21.9 Å². The second-order valence-corrected chi connectivity index (χ2v) is 7.20. The standard InChI is InChI=1S/C15H15N3O4S/c19-14-7-2-11(10-16-14)15(20)17-12-3-5-13(6-4-12)18-8-1-9-23(18,21)22/h2-7,10H,1,8-9H2,(H,16,19)(H,17,20). The minimum absolute atomic E-state index is 0.164. The third-order valence-electron chi connectivity index (χ3n) is 3.56. The number of anilines is 2.